The number of aromatic nitrogens is 2. The van der Waals surface area contributed by atoms with Crippen LogP contribution in [0.25, 0.3) is 11.7 Å². The van der Waals surface area contributed by atoms with E-state index in [9.17, 15) is 14.9 Å². The van der Waals surface area contributed by atoms with Crippen LogP contribution < -0.4 is 15.6 Å². The fourth-order valence-corrected chi connectivity index (χ4v) is 2.88. The molecule has 31 heavy (non-hydrogen) atoms. The van der Waals surface area contributed by atoms with E-state index in [0.717, 1.165) is 11.1 Å². The molecule has 3 aromatic rings. The monoisotopic (exact) mass is 418 g/mol. The van der Waals surface area contributed by atoms with Crippen LogP contribution in [0.5, 0.6) is 11.6 Å². The van der Waals surface area contributed by atoms with Crippen molar-refractivity contribution < 1.29 is 14.3 Å². The molecule has 0 saturated carbocycles. The van der Waals surface area contributed by atoms with Crippen molar-refractivity contribution in [1.82, 2.24) is 14.7 Å². The van der Waals surface area contributed by atoms with E-state index in [1.54, 1.807) is 30.5 Å². The van der Waals surface area contributed by atoms with Crippen molar-refractivity contribution >= 4 is 17.6 Å². The lowest BCUT2D eigenvalue weighted by Gasteiger charge is -2.13. The zero-order valence-electron chi connectivity index (χ0n) is 17.5. The smallest absolute Gasteiger partial charge is 0.269 e. The zero-order chi connectivity index (χ0) is 22.4. The van der Waals surface area contributed by atoms with Gasteiger partial charge in [0, 0.05) is 19.9 Å². The standard InChI is InChI=1S/C23H22N4O4/c1-15-7-6-8-19(16(15)2)31-22-18(13-17(14-24)21(28)25-10-12-30-3)23(29)27-11-5-4-9-20(27)26-22/h4-9,11,13H,10,12H2,1-3H3,(H,25,28)/b17-13+. The van der Waals surface area contributed by atoms with Crippen LogP contribution in [0.2, 0.25) is 0 Å². The largest absolute Gasteiger partial charge is 0.438 e. The lowest BCUT2D eigenvalue weighted by atomic mass is 10.1. The van der Waals surface area contributed by atoms with Crippen LogP contribution in [-0.4, -0.2) is 35.6 Å². The molecule has 0 saturated heterocycles. The van der Waals surface area contributed by atoms with Gasteiger partial charge in [0.05, 0.1) is 6.61 Å². The normalized spacial score (nSPS) is 11.2. The first-order chi connectivity index (χ1) is 15.0. The van der Waals surface area contributed by atoms with Crippen molar-refractivity contribution in [2.75, 3.05) is 20.3 Å². The summed E-state index contributed by atoms with van der Waals surface area (Å²) in [5.74, 6) is -0.0676. The number of aryl methyl sites for hydroxylation is 1. The topological polar surface area (TPSA) is 106 Å². The van der Waals surface area contributed by atoms with E-state index < -0.39 is 11.5 Å². The molecule has 8 heteroatoms. The van der Waals surface area contributed by atoms with E-state index in [4.69, 9.17) is 9.47 Å². The van der Waals surface area contributed by atoms with Crippen molar-refractivity contribution in [2.24, 2.45) is 0 Å². The lowest BCUT2D eigenvalue weighted by Crippen LogP contribution is -2.28. The third kappa shape index (κ3) is 4.79. The molecule has 0 aliphatic heterocycles. The molecule has 0 spiro atoms. The average molecular weight is 418 g/mol. The van der Waals surface area contributed by atoms with Gasteiger partial charge in [-0.15, -0.1) is 0 Å². The number of hydrogen-bond donors (Lipinski definition) is 1. The van der Waals surface area contributed by atoms with E-state index >= 15 is 0 Å². The summed E-state index contributed by atoms with van der Waals surface area (Å²) in [5, 5.41) is 12.1. The van der Waals surface area contributed by atoms with Crippen LogP contribution >= 0.6 is 0 Å². The Kier molecular flexibility index (Phi) is 6.80. The highest BCUT2D eigenvalue weighted by molar-refractivity contribution is 6.01. The number of carbonyl (C=O) groups is 1. The van der Waals surface area contributed by atoms with E-state index in [1.165, 1.54) is 17.6 Å². The third-order valence-electron chi connectivity index (χ3n) is 4.74. The predicted molar refractivity (Wildman–Crippen MR) is 116 cm³/mol. The number of nitrogens with one attached hydrogen (secondary N) is 1. The Morgan fingerprint density at radius 3 is 2.81 bits per heavy atom. The highest BCUT2D eigenvalue weighted by Gasteiger charge is 2.18. The summed E-state index contributed by atoms with van der Waals surface area (Å²) in [6.07, 6.45) is 2.77. The van der Waals surface area contributed by atoms with Gasteiger partial charge >= 0.3 is 0 Å². The van der Waals surface area contributed by atoms with Crippen LogP contribution in [0.3, 0.4) is 0 Å². The first-order valence-corrected chi connectivity index (χ1v) is 9.60. The van der Waals surface area contributed by atoms with Gasteiger partial charge in [0.2, 0.25) is 5.88 Å². The number of amides is 1. The number of carbonyl (C=O) groups excluding carboxylic acids is 1. The molecule has 0 bridgehead atoms. The maximum atomic E-state index is 13.2. The summed E-state index contributed by atoms with van der Waals surface area (Å²) >= 11 is 0. The van der Waals surface area contributed by atoms with Crippen LogP contribution in [0.15, 0.2) is 53.0 Å². The maximum Gasteiger partial charge on any atom is 0.269 e. The lowest BCUT2D eigenvalue weighted by molar-refractivity contribution is -0.117. The first-order valence-electron chi connectivity index (χ1n) is 9.60. The Morgan fingerprint density at radius 2 is 2.06 bits per heavy atom. The third-order valence-corrected chi connectivity index (χ3v) is 4.74. The highest BCUT2D eigenvalue weighted by Crippen LogP contribution is 2.28. The number of pyridine rings is 1. The molecule has 8 nitrogen and oxygen atoms in total. The minimum absolute atomic E-state index is 0.00282. The van der Waals surface area contributed by atoms with Crippen LogP contribution in [0.1, 0.15) is 16.7 Å². The van der Waals surface area contributed by atoms with Crippen molar-refractivity contribution in [3.63, 3.8) is 0 Å². The van der Waals surface area contributed by atoms with Gasteiger partial charge in [0.1, 0.15) is 28.6 Å². The fraction of sp³-hybridized carbons (Fsp3) is 0.217. The first kappa shape index (κ1) is 21.7. The molecule has 2 aromatic heterocycles. The molecule has 0 atom stereocenters. The Morgan fingerprint density at radius 1 is 1.26 bits per heavy atom. The minimum Gasteiger partial charge on any atom is -0.438 e. The van der Waals surface area contributed by atoms with Gasteiger partial charge in [-0.25, -0.2) is 0 Å². The van der Waals surface area contributed by atoms with Gasteiger partial charge in [-0.3, -0.25) is 14.0 Å². The van der Waals surface area contributed by atoms with Gasteiger partial charge in [0.15, 0.2) is 0 Å². The van der Waals surface area contributed by atoms with Crippen molar-refractivity contribution in [2.45, 2.75) is 13.8 Å². The average Bonchev–Trinajstić information content (AvgIpc) is 2.77. The quantitative estimate of drug-likeness (QED) is 0.359. The number of nitriles is 1. The molecule has 1 amide bonds. The molecule has 1 N–H and O–H groups in total. The second kappa shape index (κ2) is 9.69. The Labute approximate surface area is 179 Å². The van der Waals surface area contributed by atoms with Gasteiger partial charge in [-0.2, -0.15) is 10.2 Å². The summed E-state index contributed by atoms with van der Waals surface area (Å²) in [5.41, 5.74) is 1.60. The van der Waals surface area contributed by atoms with Gasteiger partial charge in [-0.05, 0) is 49.2 Å². The maximum absolute atomic E-state index is 13.2. The summed E-state index contributed by atoms with van der Waals surface area (Å²) < 4.78 is 12.2. The Balaban J connectivity index is 2.14. The number of ether oxygens (including phenoxy) is 2. The Hall–Kier alpha value is -3.96. The minimum atomic E-state index is -0.616. The molecule has 0 aliphatic rings. The molecule has 0 aliphatic carbocycles. The highest BCUT2D eigenvalue weighted by atomic mass is 16.5. The molecular formula is C23H22N4O4. The molecule has 0 fully saturated rings. The summed E-state index contributed by atoms with van der Waals surface area (Å²) in [7, 11) is 1.51. The van der Waals surface area contributed by atoms with E-state index in [0.29, 0.717) is 18.0 Å². The van der Waals surface area contributed by atoms with Crippen molar-refractivity contribution in [3.8, 4) is 17.7 Å². The molecule has 3 rings (SSSR count). The van der Waals surface area contributed by atoms with Crippen LogP contribution in [0.4, 0.5) is 0 Å². The number of methoxy groups -OCH3 is 1. The number of hydrogen-bond acceptors (Lipinski definition) is 6. The van der Waals surface area contributed by atoms with E-state index in [2.05, 4.69) is 10.3 Å². The van der Waals surface area contributed by atoms with Gasteiger partial charge in [-0.1, -0.05) is 18.2 Å². The van der Waals surface area contributed by atoms with Crippen molar-refractivity contribution in [1.29, 1.82) is 5.26 Å². The number of benzene rings is 1. The van der Waals surface area contributed by atoms with E-state index in [-0.39, 0.29) is 23.6 Å². The van der Waals surface area contributed by atoms with Gasteiger partial charge < -0.3 is 14.8 Å². The number of nitrogens with zero attached hydrogens (tertiary/aromatic N) is 3. The van der Waals surface area contributed by atoms with Crippen LogP contribution in [0, 0.1) is 25.2 Å². The molecule has 2 heterocycles. The number of rotatable bonds is 7. The summed E-state index contributed by atoms with van der Waals surface area (Å²) in [6, 6.07) is 12.5. The number of fused-ring (bicyclic) bond motifs is 1. The molecule has 158 valence electrons. The molecule has 0 unspecified atom stereocenters. The zero-order valence-corrected chi connectivity index (χ0v) is 17.5. The molecule has 0 radical (unpaired) electrons. The van der Waals surface area contributed by atoms with Gasteiger partial charge in [0.25, 0.3) is 11.5 Å². The Bertz CT molecular complexity index is 1250. The summed E-state index contributed by atoms with van der Waals surface area (Å²) in [6.45, 7) is 4.38. The molecule has 1 aromatic carbocycles. The fourth-order valence-electron chi connectivity index (χ4n) is 2.88. The van der Waals surface area contributed by atoms with E-state index in [1.807, 2.05) is 32.0 Å². The second-order valence-corrected chi connectivity index (χ2v) is 6.78. The van der Waals surface area contributed by atoms with Crippen molar-refractivity contribution in [3.05, 3.63) is 75.2 Å². The predicted octanol–water partition coefficient (Wildman–Crippen LogP) is 2.77. The summed E-state index contributed by atoms with van der Waals surface area (Å²) in [4.78, 5) is 30.0. The molecular weight excluding hydrogens is 396 g/mol. The SMILES string of the molecule is COCCNC(=O)/C(C#N)=C/c1c(Oc2cccc(C)c2C)nc2ccccn2c1=O. The van der Waals surface area contributed by atoms with Crippen LogP contribution in [-0.2, 0) is 9.53 Å². The second-order valence-electron chi connectivity index (χ2n) is 6.78.